The molecule has 0 fully saturated rings. The molecule has 2 rings (SSSR count). The zero-order valence-electron chi connectivity index (χ0n) is 11.6. The molecule has 0 atom stereocenters. The molecule has 0 aliphatic rings. The van der Waals surface area contributed by atoms with Crippen molar-refractivity contribution in [3.05, 3.63) is 46.3 Å². The monoisotopic (exact) mass is 290 g/mol. The van der Waals surface area contributed by atoms with Crippen LogP contribution in [0.25, 0.3) is 0 Å². The number of imidazole rings is 1. The van der Waals surface area contributed by atoms with E-state index in [1.165, 1.54) is 17.9 Å². The number of nitro groups is 1. The Balaban J connectivity index is 2.37. The molecule has 1 heterocycles. The molecule has 0 amide bonds. The standard InChI is InChI=1S/C13H14N4O4/c1-3-21-13(18)9-6-4-5-7-10(9)15-11-12(17(19)20)16(2)8-14-11/h4-8,15H,3H2,1-2H3. The fourth-order valence-electron chi connectivity index (χ4n) is 1.83. The number of carbonyl (C=O) groups is 1. The van der Waals surface area contributed by atoms with Crippen LogP contribution in [0.15, 0.2) is 30.6 Å². The number of hydrogen-bond donors (Lipinski definition) is 1. The number of anilines is 2. The molecule has 0 bridgehead atoms. The van der Waals surface area contributed by atoms with E-state index in [4.69, 9.17) is 4.74 Å². The van der Waals surface area contributed by atoms with E-state index in [0.717, 1.165) is 0 Å². The third-order valence-corrected chi connectivity index (χ3v) is 2.75. The van der Waals surface area contributed by atoms with Crippen molar-refractivity contribution < 1.29 is 14.5 Å². The second-order valence-electron chi connectivity index (χ2n) is 4.18. The number of aromatic nitrogens is 2. The van der Waals surface area contributed by atoms with Crippen LogP contribution in [0, 0.1) is 10.1 Å². The lowest BCUT2D eigenvalue weighted by Gasteiger charge is -2.09. The SMILES string of the molecule is CCOC(=O)c1ccccc1Nc1ncn(C)c1[N+](=O)[O-]. The predicted octanol–water partition coefficient (Wildman–Crippen LogP) is 2.25. The summed E-state index contributed by atoms with van der Waals surface area (Å²) < 4.78 is 6.24. The lowest BCUT2D eigenvalue weighted by molar-refractivity contribution is -0.390. The van der Waals surface area contributed by atoms with Crippen LogP contribution in [-0.4, -0.2) is 27.1 Å². The Hall–Kier alpha value is -2.90. The van der Waals surface area contributed by atoms with E-state index in [1.54, 1.807) is 31.2 Å². The number of rotatable bonds is 5. The van der Waals surface area contributed by atoms with Crippen LogP contribution in [0.5, 0.6) is 0 Å². The first-order chi connectivity index (χ1) is 10.0. The fourth-order valence-corrected chi connectivity index (χ4v) is 1.83. The van der Waals surface area contributed by atoms with Gasteiger partial charge in [-0.05, 0) is 24.0 Å². The third kappa shape index (κ3) is 2.99. The van der Waals surface area contributed by atoms with Gasteiger partial charge in [-0.15, -0.1) is 0 Å². The second kappa shape index (κ2) is 6.04. The molecule has 110 valence electrons. The summed E-state index contributed by atoms with van der Waals surface area (Å²) in [5.74, 6) is -0.618. The molecule has 0 saturated heterocycles. The average Bonchev–Trinajstić information content (AvgIpc) is 2.80. The number of aryl methyl sites for hydroxylation is 1. The molecule has 0 radical (unpaired) electrons. The normalized spacial score (nSPS) is 10.2. The van der Waals surface area contributed by atoms with Gasteiger partial charge in [0.15, 0.2) is 6.33 Å². The van der Waals surface area contributed by atoms with Crippen molar-refractivity contribution in [3.8, 4) is 0 Å². The van der Waals surface area contributed by atoms with Gasteiger partial charge in [0.25, 0.3) is 0 Å². The average molecular weight is 290 g/mol. The summed E-state index contributed by atoms with van der Waals surface area (Å²) >= 11 is 0. The zero-order valence-corrected chi connectivity index (χ0v) is 11.6. The molecule has 1 N–H and O–H groups in total. The van der Waals surface area contributed by atoms with Crippen molar-refractivity contribution in [1.82, 2.24) is 9.55 Å². The summed E-state index contributed by atoms with van der Waals surface area (Å²) in [6.07, 6.45) is 1.33. The summed E-state index contributed by atoms with van der Waals surface area (Å²) in [6.45, 7) is 1.95. The van der Waals surface area contributed by atoms with E-state index in [9.17, 15) is 14.9 Å². The van der Waals surface area contributed by atoms with E-state index < -0.39 is 10.9 Å². The summed E-state index contributed by atoms with van der Waals surface area (Å²) in [5, 5.41) is 13.8. The molecular weight excluding hydrogens is 276 g/mol. The van der Waals surface area contributed by atoms with Crippen molar-refractivity contribution in [1.29, 1.82) is 0 Å². The van der Waals surface area contributed by atoms with Crippen molar-refractivity contribution in [3.63, 3.8) is 0 Å². The van der Waals surface area contributed by atoms with Gasteiger partial charge in [0.2, 0.25) is 5.82 Å². The van der Waals surface area contributed by atoms with Crippen LogP contribution in [0.4, 0.5) is 17.3 Å². The second-order valence-corrected chi connectivity index (χ2v) is 4.18. The van der Waals surface area contributed by atoms with Crippen LogP contribution < -0.4 is 5.32 Å². The first-order valence-electron chi connectivity index (χ1n) is 6.23. The molecule has 0 aliphatic heterocycles. The molecule has 8 heteroatoms. The van der Waals surface area contributed by atoms with Crippen molar-refractivity contribution in [2.24, 2.45) is 7.05 Å². The summed E-state index contributed by atoms with van der Waals surface area (Å²) in [4.78, 5) is 26.3. The Morgan fingerprint density at radius 2 is 2.19 bits per heavy atom. The zero-order chi connectivity index (χ0) is 15.4. The Bertz CT molecular complexity index is 681. The minimum Gasteiger partial charge on any atom is -0.462 e. The number of nitrogens with zero attached hydrogens (tertiary/aromatic N) is 3. The van der Waals surface area contributed by atoms with Gasteiger partial charge >= 0.3 is 11.8 Å². The Kier molecular flexibility index (Phi) is 4.17. The maximum atomic E-state index is 11.9. The van der Waals surface area contributed by atoms with Crippen molar-refractivity contribution in [2.45, 2.75) is 6.92 Å². The highest BCUT2D eigenvalue weighted by atomic mass is 16.6. The lowest BCUT2D eigenvalue weighted by Crippen LogP contribution is -2.08. The number of carbonyl (C=O) groups excluding carboxylic acids is 1. The molecular formula is C13H14N4O4. The van der Waals surface area contributed by atoms with Gasteiger partial charge in [-0.3, -0.25) is 0 Å². The predicted molar refractivity (Wildman–Crippen MR) is 75.5 cm³/mol. The Morgan fingerprint density at radius 3 is 2.86 bits per heavy atom. The van der Waals surface area contributed by atoms with E-state index in [1.807, 2.05) is 0 Å². The minimum atomic E-state index is -0.539. The van der Waals surface area contributed by atoms with Gasteiger partial charge in [-0.25, -0.2) is 9.36 Å². The number of nitrogens with one attached hydrogen (secondary N) is 1. The van der Waals surface area contributed by atoms with Gasteiger partial charge in [0, 0.05) is 0 Å². The van der Waals surface area contributed by atoms with Crippen LogP contribution in [0.1, 0.15) is 17.3 Å². The highest BCUT2D eigenvalue weighted by Crippen LogP contribution is 2.27. The third-order valence-electron chi connectivity index (χ3n) is 2.75. The summed E-state index contributed by atoms with van der Waals surface area (Å²) in [6, 6.07) is 6.60. The topological polar surface area (TPSA) is 99.3 Å². The smallest absolute Gasteiger partial charge is 0.367 e. The minimum absolute atomic E-state index is 0.0687. The molecule has 2 aromatic rings. The Morgan fingerprint density at radius 1 is 1.48 bits per heavy atom. The molecule has 0 aliphatic carbocycles. The van der Waals surface area contributed by atoms with Gasteiger partial charge in [-0.1, -0.05) is 12.1 Å². The number of para-hydroxylation sites is 1. The summed E-state index contributed by atoms with van der Waals surface area (Å²) in [7, 11) is 1.52. The molecule has 0 unspecified atom stereocenters. The largest absolute Gasteiger partial charge is 0.462 e. The Labute approximate surface area is 120 Å². The van der Waals surface area contributed by atoms with Gasteiger partial charge < -0.3 is 20.2 Å². The van der Waals surface area contributed by atoms with Crippen molar-refractivity contribution >= 4 is 23.3 Å². The molecule has 8 nitrogen and oxygen atoms in total. The molecule has 1 aromatic carbocycles. The van der Waals surface area contributed by atoms with E-state index >= 15 is 0 Å². The number of benzene rings is 1. The highest BCUT2D eigenvalue weighted by molar-refractivity contribution is 5.96. The van der Waals surface area contributed by atoms with E-state index in [2.05, 4.69) is 10.3 Å². The molecule has 0 saturated carbocycles. The number of esters is 1. The summed E-state index contributed by atoms with van der Waals surface area (Å²) in [5.41, 5.74) is 0.692. The van der Waals surface area contributed by atoms with Crippen LogP contribution >= 0.6 is 0 Å². The quantitative estimate of drug-likeness (QED) is 0.515. The fraction of sp³-hybridized carbons (Fsp3) is 0.231. The molecule has 0 spiro atoms. The first-order valence-corrected chi connectivity index (χ1v) is 6.23. The molecule has 21 heavy (non-hydrogen) atoms. The van der Waals surface area contributed by atoms with E-state index in [0.29, 0.717) is 11.3 Å². The van der Waals surface area contributed by atoms with Gasteiger partial charge in [0.05, 0.1) is 24.9 Å². The number of hydrogen-bond acceptors (Lipinski definition) is 6. The van der Waals surface area contributed by atoms with Crippen LogP contribution in [-0.2, 0) is 11.8 Å². The highest BCUT2D eigenvalue weighted by Gasteiger charge is 2.21. The lowest BCUT2D eigenvalue weighted by atomic mass is 10.2. The maximum absolute atomic E-state index is 11.9. The van der Waals surface area contributed by atoms with Gasteiger partial charge in [0.1, 0.15) is 0 Å². The van der Waals surface area contributed by atoms with Gasteiger partial charge in [-0.2, -0.15) is 4.98 Å². The van der Waals surface area contributed by atoms with E-state index in [-0.39, 0.29) is 18.2 Å². The first kappa shape index (κ1) is 14.5. The number of ether oxygens (including phenoxy) is 1. The van der Waals surface area contributed by atoms with Crippen LogP contribution in [0.3, 0.4) is 0 Å². The molecule has 1 aromatic heterocycles. The van der Waals surface area contributed by atoms with Crippen molar-refractivity contribution in [2.75, 3.05) is 11.9 Å². The van der Waals surface area contributed by atoms with Crippen LogP contribution in [0.2, 0.25) is 0 Å². The maximum Gasteiger partial charge on any atom is 0.367 e.